The number of piperidine rings is 1. The third-order valence-corrected chi connectivity index (χ3v) is 5.42. The summed E-state index contributed by atoms with van der Waals surface area (Å²) in [5, 5.41) is 13.9. The fourth-order valence-corrected chi connectivity index (χ4v) is 3.74. The van der Waals surface area contributed by atoms with E-state index in [4.69, 9.17) is 16.3 Å². The number of hydrogen-bond acceptors (Lipinski definition) is 8. The number of ether oxygens (including phenoxy) is 2. The predicted octanol–water partition coefficient (Wildman–Crippen LogP) is 4.67. The number of benzene rings is 2. The van der Waals surface area contributed by atoms with Crippen molar-refractivity contribution in [3.8, 4) is 17.5 Å². The summed E-state index contributed by atoms with van der Waals surface area (Å²) < 4.78 is 48.7. The lowest BCUT2D eigenvalue weighted by atomic mass is 10.1. The third kappa shape index (κ3) is 5.60. The summed E-state index contributed by atoms with van der Waals surface area (Å²) in [5.74, 6) is -2.44. The number of halogens is 4. The molecule has 12 heteroatoms. The van der Waals surface area contributed by atoms with E-state index in [0.29, 0.717) is 16.1 Å². The number of fused-ring (bicyclic) bond motifs is 1. The van der Waals surface area contributed by atoms with Gasteiger partial charge in [-0.15, -0.1) is 0 Å². The van der Waals surface area contributed by atoms with Gasteiger partial charge < -0.3 is 24.8 Å². The summed E-state index contributed by atoms with van der Waals surface area (Å²) in [5.41, 5.74) is 0.492. The number of aromatic hydroxyl groups is 1. The van der Waals surface area contributed by atoms with Gasteiger partial charge in [0.15, 0.2) is 0 Å². The molecule has 34 heavy (non-hydrogen) atoms. The lowest BCUT2D eigenvalue weighted by Gasteiger charge is -2.29. The second kappa shape index (κ2) is 9.51. The Morgan fingerprint density at radius 2 is 1.94 bits per heavy atom. The Balaban J connectivity index is 1.79. The lowest BCUT2D eigenvalue weighted by Crippen LogP contribution is -2.35. The Kier molecular flexibility index (Phi) is 6.67. The first-order chi connectivity index (χ1) is 16.1. The number of hydrogen-bond donors (Lipinski definition) is 2. The number of aromatic nitrogens is 2. The molecule has 0 amide bonds. The maximum Gasteiger partial charge on any atom is 0.491 e. The summed E-state index contributed by atoms with van der Waals surface area (Å²) >= 11 is 6.04. The molecule has 8 nitrogen and oxygen atoms in total. The molecule has 1 aromatic heterocycles. The molecule has 1 aliphatic rings. The van der Waals surface area contributed by atoms with Gasteiger partial charge in [-0.3, -0.25) is 0 Å². The van der Waals surface area contributed by atoms with Crippen LogP contribution in [0, 0.1) is 0 Å². The molecule has 1 aliphatic heterocycles. The minimum atomic E-state index is -5.24. The highest BCUT2D eigenvalue weighted by Crippen LogP contribution is 2.38. The van der Waals surface area contributed by atoms with E-state index in [1.807, 2.05) is 7.05 Å². The van der Waals surface area contributed by atoms with E-state index in [1.54, 1.807) is 24.3 Å². The first-order valence-corrected chi connectivity index (χ1v) is 10.7. The van der Waals surface area contributed by atoms with Crippen LogP contribution in [-0.2, 0) is 4.79 Å². The lowest BCUT2D eigenvalue weighted by molar-refractivity contribution is -0.190. The van der Waals surface area contributed by atoms with E-state index in [9.17, 15) is 23.1 Å². The van der Waals surface area contributed by atoms with Crippen LogP contribution in [0.3, 0.4) is 0 Å². The standard InChI is InChI=1S/C22H20ClF3N4O4/c1-30-7-5-15(6-8-30)33-17-11-14(31)10-16-18(17)19(27-13-4-2-3-12(23)9-13)29-21(28-16)34-20(32)22(24,25)26/h2-4,9-11,15,31H,5-8H2,1H3,(H,27,28,29). The van der Waals surface area contributed by atoms with Gasteiger partial charge in [0.2, 0.25) is 0 Å². The van der Waals surface area contributed by atoms with Crippen molar-refractivity contribution in [2.24, 2.45) is 0 Å². The van der Waals surface area contributed by atoms with E-state index in [2.05, 4.69) is 24.9 Å². The Morgan fingerprint density at radius 1 is 1.21 bits per heavy atom. The van der Waals surface area contributed by atoms with Gasteiger partial charge in [0.1, 0.15) is 23.4 Å². The molecule has 0 aliphatic carbocycles. The van der Waals surface area contributed by atoms with Gasteiger partial charge in [-0.1, -0.05) is 17.7 Å². The number of nitrogens with zero attached hydrogens (tertiary/aromatic N) is 3. The van der Waals surface area contributed by atoms with Crippen molar-refractivity contribution in [1.29, 1.82) is 0 Å². The molecule has 0 unspecified atom stereocenters. The molecule has 0 bridgehead atoms. The molecule has 0 spiro atoms. The largest absolute Gasteiger partial charge is 0.508 e. The highest BCUT2D eigenvalue weighted by atomic mass is 35.5. The van der Waals surface area contributed by atoms with E-state index in [0.717, 1.165) is 25.9 Å². The molecule has 180 valence electrons. The van der Waals surface area contributed by atoms with Crippen molar-refractivity contribution in [1.82, 2.24) is 14.9 Å². The minimum absolute atomic E-state index is 0.0140. The number of alkyl halides is 3. The van der Waals surface area contributed by atoms with Crippen LogP contribution in [0.15, 0.2) is 36.4 Å². The Morgan fingerprint density at radius 3 is 2.62 bits per heavy atom. The first kappa shape index (κ1) is 23.8. The quantitative estimate of drug-likeness (QED) is 0.492. The molecule has 0 saturated carbocycles. The van der Waals surface area contributed by atoms with Crippen LogP contribution in [0.1, 0.15) is 12.8 Å². The smallest absolute Gasteiger partial charge is 0.491 e. The van der Waals surface area contributed by atoms with Crippen LogP contribution < -0.4 is 14.8 Å². The average Bonchev–Trinajstić information content (AvgIpc) is 2.74. The Hall–Kier alpha value is -3.31. The molecule has 2 N–H and O–H groups in total. The Bertz CT molecular complexity index is 1220. The van der Waals surface area contributed by atoms with E-state index < -0.39 is 18.2 Å². The molecule has 0 atom stereocenters. The second-order valence-corrected chi connectivity index (χ2v) is 8.27. The monoisotopic (exact) mass is 496 g/mol. The van der Waals surface area contributed by atoms with Crippen molar-refractivity contribution in [2.45, 2.75) is 25.1 Å². The maximum absolute atomic E-state index is 12.7. The normalized spacial score (nSPS) is 15.3. The highest BCUT2D eigenvalue weighted by molar-refractivity contribution is 6.30. The van der Waals surface area contributed by atoms with E-state index >= 15 is 0 Å². The van der Waals surface area contributed by atoms with Crippen molar-refractivity contribution in [3.05, 3.63) is 41.4 Å². The van der Waals surface area contributed by atoms with Gasteiger partial charge in [-0.05, 0) is 38.1 Å². The zero-order valence-corrected chi connectivity index (χ0v) is 18.7. The second-order valence-electron chi connectivity index (χ2n) is 7.84. The van der Waals surface area contributed by atoms with Gasteiger partial charge >= 0.3 is 18.2 Å². The maximum atomic E-state index is 12.7. The third-order valence-electron chi connectivity index (χ3n) is 5.19. The number of phenolic OH excluding ortho intramolecular Hbond substituents is 1. The van der Waals surface area contributed by atoms with Crippen molar-refractivity contribution in [3.63, 3.8) is 0 Å². The molecule has 4 rings (SSSR count). The van der Waals surface area contributed by atoms with Gasteiger partial charge in [-0.2, -0.15) is 23.1 Å². The van der Waals surface area contributed by atoms with E-state index in [-0.39, 0.29) is 28.9 Å². The zero-order valence-electron chi connectivity index (χ0n) is 17.9. The van der Waals surface area contributed by atoms with E-state index in [1.165, 1.54) is 12.1 Å². The fourth-order valence-electron chi connectivity index (χ4n) is 3.55. The SMILES string of the molecule is CN1CCC(Oc2cc(O)cc3nc(OC(=O)C(F)(F)F)nc(Nc4cccc(Cl)c4)c23)CC1. The van der Waals surface area contributed by atoms with Crippen LogP contribution in [0.2, 0.25) is 5.02 Å². The molecule has 2 aromatic carbocycles. The van der Waals surface area contributed by atoms with Gasteiger partial charge in [-0.25, -0.2) is 4.79 Å². The predicted molar refractivity (Wildman–Crippen MR) is 119 cm³/mol. The summed E-state index contributed by atoms with van der Waals surface area (Å²) in [7, 11) is 2.00. The highest BCUT2D eigenvalue weighted by Gasteiger charge is 2.42. The van der Waals surface area contributed by atoms with Crippen LogP contribution in [0.4, 0.5) is 24.7 Å². The van der Waals surface area contributed by atoms with Crippen LogP contribution in [0.5, 0.6) is 17.5 Å². The number of likely N-dealkylation sites (tertiary alicyclic amines) is 1. The van der Waals surface area contributed by atoms with Crippen LogP contribution >= 0.6 is 11.6 Å². The summed E-state index contributed by atoms with van der Waals surface area (Å²) in [6, 6.07) is 8.32. The molecule has 3 aromatic rings. The average molecular weight is 497 g/mol. The number of phenols is 1. The van der Waals surface area contributed by atoms with Crippen molar-refractivity contribution < 1.29 is 32.5 Å². The molecular weight excluding hydrogens is 477 g/mol. The van der Waals surface area contributed by atoms with Gasteiger partial charge in [0, 0.05) is 35.9 Å². The topological polar surface area (TPSA) is 96.8 Å². The number of esters is 1. The number of anilines is 2. The van der Waals surface area contributed by atoms with Crippen LogP contribution in [0.25, 0.3) is 10.9 Å². The first-order valence-electron chi connectivity index (χ1n) is 10.3. The fraction of sp³-hybridized carbons (Fsp3) is 0.318. The number of carbonyl (C=O) groups excluding carboxylic acids is 1. The van der Waals surface area contributed by atoms with Gasteiger partial charge in [0.05, 0.1) is 10.9 Å². The van der Waals surface area contributed by atoms with Gasteiger partial charge in [0.25, 0.3) is 0 Å². The number of nitrogens with one attached hydrogen (secondary N) is 1. The molecule has 1 fully saturated rings. The van der Waals surface area contributed by atoms with Crippen molar-refractivity contribution >= 4 is 40.0 Å². The summed E-state index contributed by atoms with van der Waals surface area (Å²) in [6.45, 7) is 1.64. The molecule has 0 radical (unpaired) electrons. The molecule has 1 saturated heterocycles. The number of rotatable bonds is 5. The van der Waals surface area contributed by atoms with Crippen molar-refractivity contribution in [2.75, 3.05) is 25.5 Å². The molecule has 2 heterocycles. The van der Waals surface area contributed by atoms with Crippen LogP contribution in [-0.4, -0.2) is 58.4 Å². The summed E-state index contributed by atoms with van der Waals surface area (Å²) in [4.78, 5) is 21.4. The zero-order chi connectivity index (χ0) is 24.5. The summed E-state index contributed by atoms with van der Waals surface area (Å²) in [6.07, 6.45) is -3.90. The molecular formula is C22H20ClF3N4O4. The minimum Gasteiger partial charge on any atom is -0.508 e. The Labute approximate surface area is 197 Å². The number of carbonyl (C=O) groups is 1.